The van der Waals surface area contributed by atoms with E-state index in [1.807, 2.05) is 0 Å². The molecule has 0 aromatic heterocycles. The molecule has 0 amide bonds. The summed E-state index contributed by atoms with van der Waals surface area (Å²) >= 11 is 0. The molecule has 0 aromatic carbocycles. The van der Waals surface area contributed by atoms with Crippen LogP contribution in [0.5, 0.6) is 0 Å². The van der Waals surface area contributed by atoms with Crippen molar-refractivity contribution in [3.63, 3.8) is 0 Å². The summed E-state index contributed by atoms with van der Waals surface area (Å²) in [7, 11) is 6.28. The smallest absolute Gasteiger partial charge is 0.102 e. The molecule has 0 aromatic rings. The van der Waals surface area contributed by atoms with Crippen LogP contribution in [0.1, 0.15) is 66.2 Å². The average molecular weight is 260 g/mol. The second-order valence-corrected chi connectivity index (χ2v) is 6.91. The molecule has 2 nitrogen and oxygen atoms in total. The summed E-state index contributed by atoms with van der Waals surface area (Å²) in [6, 6.07) is 1.59. The largest absolute Gasteiger partial charge is 0.353 e. The molecule has 2 aliphatic rings. The van der Waals surface area contributed by atoms with Crippen LogP contribution in [0.2, 0.25) is 5.82 Å². The van der Waals surface area contributed by atoms with Gasteiger partial charge in [-0.1, -0.05) is 45.3 Å². The van der Waals surface area contributed by atoms with Gasteiger partial charge in [-0.25, -0.2) is 0 Å². The normalized spacial score (nSPS) is 32.8. The number of nitrogens with zero attached hydrogens (tertiary/aromatic N) is 2. The number of amidine groups is 1. The van der Waals surface area contributed by atoms with E-state index >= 15 is 0 Å². The molecule has 3 atom stereocenters. The highest BCUT2D eigenvalue weighted by Crippen LogP contribution is 2.34. The van der Waals surface area contributed by atoms with Crippen molar-refractivity contribution in [3.05, 3.63) is 0 Å². The van der Waals surface area contributed by atoms with Gasteiger partial charge < -0.3 is 4.90 Å². The van der Waals surface area contributed by atoms with E-state index in [1.54, 1.807) is 0 Å². The molecule has 2 rings (SSSR count). The maximum atomic E-state index is 6.28. The highest BCUT2D eigenvalue weighted by Gasteiger charge is 2.38. The van der Waals surface area contributed by atoms with Crippen LogP contribution < -0.4 is 0 Å². The summed E-state index contributed by atoms with van der Waals surface area (Å²) < 4.78 is 0. The molecule has 0 spiro atoms. The fraction of sp³-hybridized carbons (Fsp3) is 0.938. The SMILES string of the molecule is [B]C1CCCCCC2C(C1)N=C(C(C)C)N2C(C)C. The highest BCUT2D eigenvalue weighted by atomic mass is 15.3. The highest BCUT2D eigenvalue weighted by molar-refractivity contribution is 6.11. The maximum Gasteiger partial charge on any atom is 0.102 e. The summed E-state index contributed by atoms with van der Waals surface area (Å²) in [6.45, 7) is 9.12. The van der Waals surface area contributed by atoms with Crippen molar-refractivity contribution in [2.45, 2.75) is 90.2 Å². The Labute approximate surface area is 120 Å². The Morgan fingerprint density at radius 3 is 2.42 bits per heavy atom. The minimum absolute atomic E-state index is 0.342. The van der Waals surface area contributed by atoms with Gasteiger partial charge in [0.2, 0.25) is 0 Å². The predicted molar refractivity (Wildman–Crippen MR) is 84.0 cm³/mol. The Kier molecular flexibility index (Phi) is 4.97. The molecule has 3 heteroatoms. The third kappa shape index (κ3) is 3.35. The first-order valence-corrected chi connectivity index (χ1v) is 8.12. The fourth-order valence-electron chi connectivity index (χ4n) is 3.68. The molecule has 106 valence electrons. The van der Waals surface area contributed by atoms with Gasteiger partial charge in [0, 0.05) is 12.0 Å². The molecule has 0 bridgehead atoms. The topological polar surface area (TPSA) is 15.6 Å². The van der Waals surface area contributed by atoms with Gasteiger partial charge in [-0.15, -0.1) is 0 Å². The molecule has 0 saturated heterocycles. The maximum absolute atomic E-state index is 6.28. The average Bonchev–Trinajstić information content (AvgIpc) is 2.69. The zero-order valence-corrected chi connectivity index (χ0v) is 13.1. The van der Waals surface area contributed by atoms with Gasteiger partial charge in [-0.05, 0) is 26.7 Å². The van der Waals surface area contributed by atoms with E-state index < -0.39 is 0 Å². The van der Waals surface area contributed by atoms with Crippen LogP contribution in [0.4, 0.5) is 0 Å². The Morgan fingerprint density at radius 1 is 1.11 bits per heavy atom. The van der Waals surface area contributed by atoms with E-state index in [0.29, 0.717) is 29.9 Å². The van der Waals surface area contributed by atoms with Crippen molar-refractivity contribution in [2.75, 3.05) is 0 Å². The molecule has 1 saturated carbocycles. The van der Waals surface area contributed by atoms with Crippen molar-refractivity contribution < 1.29 is 0 Å². The molecule has 1 heterocycles. The molecule has 1 aliphatic carbocycles. The van der Waals surface area contributed by atoms with Gasteiger partial charge in [0.05, 0.1) is 19.9 Å². The number of hydrogen-bond acceptors (Lipinski definition) is 2. The summed E-state index contributed by atoms with van der Waals surface area (Å²) in [4.78, 5) is 7.66. The molecule has 1 fully saturated rings. The first kappa shape index (κ1) is 14.9. The minimum Gasteiger partial charge on any atom is -0.353 e. The molecule has 2 radical (unpaired) electrons. The number of aliphatic imine (C=N–C) groups is 1. The Bertz CT molecular complexity index is 325. The van der Waals surface area contributed by atoms with Crippen LogP contribution >= 0.6 is 0 Å². The number of rotatable bonds is 2. The van der Waals surface area contributed by atoms with Crippen molar-refractivity contribution in [1.82, 2.24) is 4.90 Å². The van der Waals surface area contributed by atoms with E-state index in [-0.39, 0.29) is 0 Å². The molecule has 0 N–H and O–H groups in total. The lowest BCUT2D eigenvalue weighted by molar-refractivity contribution is 0.231. The van der Waals surface area contributed by atoms with Gasteiger partial charge in [0.1, 0.15) is 5.84 Å². The predicted octanol–water partition coefficient (Wildman–Crippen LogP) is 3.81. The zero-order valence-electron chi connectivity index (χ0n) is 13.1. The number of hydrogen-bond donors (Lipinski definition) is 0. The lowest BCUT2D eigenvalue weighted by Crippen LogP contribution is -2.45. The van der Waals surface area contributed by atoms with Gasteiger partial charge in [-0.2, -0.15) is 0 Å². The Morgan fingerprint density at radius 2 is 1.79 bits per heavy atom. The standard InChI is InChI=1S/C16H29BN2/c1-11(2)16-18-14-10-13(17)8-6-5-7-9-15(14)19(16)12(3)4/h11-15H,5-10H2,1-4H3. The van der Waals surface area contributed by atoms with Crippen LogP contribution in [0.25, 0.3) is 0 Å². The van der Waals surface area contributed by atoms with Gasteiger partial charge in [-0.3, -0.25) is 4.99 Å². The van der Waals surface area contributed by atoms with Crippen molar-refractivity contribution in [3.8, 4) is 0 Å². The van der Waals surface area contributed by atoms with Crippen LogP contribution in [-0.2, 0) is 0 Å². The Balaban J connectivity index is 2.22. The van der Waals surface area contributed by atoms with Gasteiger partial charge in [0.25, 0.3) is 0 Å². The lowest BCUT2D eigenvalue weighted by Gasteiger charge is -2.35. The second-order valence-electron chi connectivity index (χ2n) is 6.91. The summed E-state index contributed by atoms with van der Waals surface area (Å²) in [5.41, 5.74) is 0. The third-order valence-corrected chi connectivity index (χ3v) is 4.56. The van der Waals surface area contributed by atoms with E-state index in [9.17, 15) is 0 Å². The van der Waals surface area contributed by atoms with Crippen molar-refractivity contribution in [2.24, 2.45) is 10.9 Å². The minimum atomic E-state index is 0.342. The van der Waals surface area contributed by atoms with Crippen LogP contribution in [0.15, 0.2) is 4.99 Å². The zero-order chi connectivity index (χ0) is 14.0. The molecule has 3 unspecified atom stereocenters. The van der Waals surface area contributed by atoms with Gasteiger partial charge >= 0.3 is 0 Å². The second kappa shape index (κ2) is 6.32. The van der Waals surface area contributed by atoms with E-state index in [2.05, 4.69) is 32.6 Å². The van der Waals surface area contributed by atoms with Crippen LogP contribution in [0.3, 0.4) is 0 Å². The van der Waals surface area contributed by atoms with Gasteiger partial charge in [0.15, 0.2) is 0 Å². The molecular formula is C16H29BN2. The monoisotopic (exact) mass is 260 g/mol. The van der Waals surface area contributed by atoms with E-state index in [1.165, 1.54) is 37.9 Å². The number of fused-ring (bicyclic) bond motifs is 1. The third-order valence-electron chi connectivity index (χ3n) is 4.56. The summed E-state index contributed by atoms with van der Waals surface area (Å²) in [6.07, 6.45) is 7.50. The van der Waals surface area contributed by atoms with Crippen molar-refractivity contribution >= 4 is 13.7 Å². The first-order chi connectivity index (χ1) is 9.00. The van der Waals surface area contributed by atoms with E-state index in [0.717, 1.165) is 6.42 Å². The molecule has 1 aliphatic heterocycles. The summed E-state index contributed by atoms with van der Waals surface area (Å²) in [5, 5.41) is 0. The van der Waals surface area contributed by atoms with Crippen LogP contribution in [-0.4, -0.2) is 36.7 Å². The quantitative estimate of drug-likeness (QED) is 0.689. The van der Waals surface area contributed by atoms with Crippen LogP contribution in [0, 0.1) is 5.92 Å². The summed E-state index contributed by atoms with van der Waals surface area (Å²) in [5.74, 6) is 2.18. The van der Waals surface area contributed by atoms with E-state index in [4.69, 9.17) is 12.8 Å². The lowest BCUT2D eigenvalue weighted by atomic mass is 9.78. The molecular weight excluding hydrogens is 231 g/mol. The Hall–Kier alpha value is -0.465. The first-order valence-electron chi connectivity index (χ1n) is 8.12. The van der Waals surface area contributed by atoms with Crippen molar-refractivity contribution in [1.29, 1.82) is 0 Å². The fourth-order valence-corrected chi connectivity index (χ4v) is 3.68. The molecule has 19 heavy (non-hydrogen) atoms.